The topological polar surface area (TPSA) is 90.8 Å². The Balaban J connectivity index is 1.46. The molecule has 0 aliphatic carbocycles. The van der Waals surface area contributed by atoms with Crippen molar-refractivity contribution in [1.82, 2.24) is 14.8 Å². The molecule has 3 amide bonds. The van der Waals surface area contributed by atoms with Crippen LogP contribution in [0.1, 0.15) is 29.2 Å². The van der Waals surface area contributed by atoms with E-state index in [-0.39, 0.29) is 12.3 Å². The summed E-state index contributed by atoms with van der Waals surface area (Å²) in [4.78, 5) is 44.1. The molecule has 1 unspecified atom stereocenters. The summed E-state index contributed by atoms with van der Waals surface area (Å²) in [6, 6.07) is 11.9. The van der Waals surface area contributed by atoms with E-state index in [0.29, 0.717) is 13.1 Å². The second-order valence-corrected chi connectivity index (χ2v) is 7.73. The standard InChI is InChI=1S/C22H23N3O4/c1-14-11-15(7-9-23-14)12-18-19(21(27)28)25(20(18)26)22(29)24-10-8-17(13-24)16-5-3-2-4-6-16/h2-7,9,11,17-19H,8,10,12-13H2,1H3,(H,27,28)/t17?,18-,19+/m1/s1. The minimum Gasteiger partial charge on any atom is -0.480 e. The van der Waals surface area contributed by atoms with E-state index in [1.807, 2.05) is 43.3 Å². The Kier molecular flexibility index (Phi) is 5.05. The van der Waals surface area contributed by atoms with Gasteiger partial charge in [0.25, 0.3) is 0 Å². The van der Waals surface area contributed by atoms with Crippen molar-refractivity contribution in [3.05, 3.63) is 65.5 Å². The Morgan fingerprint density at radius 3 is 2.66 bits per heavy atom. The number of likely N-dealkylation sites (tertiary alicyclic amines) is 2. The number of carboxylic acid groups (broad SMARTS) is 1. The number of urea groups is 1. The van der Waals surface area contributed by atoms with Gasteiger partial charge in [0.15, 0.2) is 6.04 Å². The maximum atomic E-state index is 12.9. The number of nitrogens with zero attached hydrogens (tertiary/aromatic N) is 3. The molecule has 0 bridgehead atoms. The van der Waals surface area contributed by atoms with Crippen LogP contribution in [0.4, 0.5) is 4.79 Å². The quantitative estimate of drug-likeness (QED) is 0.806. The van der Waals surface area contributed by atoms with Gasteiger partial charge in [-0.15, -0.1) is 0 Å². The minimum absolute atomic E-state index is 0.204. The second kappa shape index (κ2) is 7.66. The third-order valence-corrected chi connectivity index (χ3v) is 5.82. The molecular weight excluding hydrogens is 370 g/mol. The molecule has 3 heterocycles. The van der Waals surface area contributed by atoms with Gasteiger partial charge < -0.3 is 10.0 Å². The average Bonchev–Trinajstić information content (AvgIpc) is 3.20. The number of imide groups is 1. The average molecular weight is 393 g/mol. The summed E-state index contributed by atoms with van der Waals surface area (Å²) in [5.41, 5.74) is 2.80. The summed E-state index contributed by atoms with van der Waals surface area (Å²) in [6.07, 6.45) is 2.73. The number of benzene rings is 1. The number of aliphatic carboxylic acids is 1. The lowest BCUT2D eigenvalue weighted by atomic mass is 9.82. The van der Waals surface area contributed by atoms with Gasteiger partial charge in [0.05, 0.1) is 5.92 Å². The van der Waals surface area contributed by atoms with Crippen molar-refractivity contribution in [2.75, 3.05) is 13.1 Å². The zero-order valence-corrected chi connectivity index (χ0v) is 16.2. The van der Waals surface area contributed by atoms with Crippen LogP contribution in [0.5, 0.6) is 0 Å². The fourth-order valence-electron chi connectivity index (χ4n) is 4.31. The number of pyridine rings is 1. The number of hydrogen-bond donors (Lipinski definition) is 1. The molecule has 2 aromatic rings. The molecule has 150 valence electrons. The molecule has 7 heteroatoms. The molecule has 2 saturated heterocycles. The van der Waals surface area contributed by atoms with E-state index in [0.717, 1.165) is 28.1 Å². The summed E-state index contributed by atoms with van der Waals surface area (Å²) in [5.74, 6) is -2.09. The Morgan fingerprint density at radius 1 is 1.21 bits per heavy atom. The van der Waals surface area contributed by atoms with Crippen LogP contribution in [0.15, 0.2) is 48.7 Å². The first-order valence-electron chi connectivity index (χ1n) is 9.77. The molecule has 0 radical (unpaired) electrons. The number of rotatable bonds is 4. The molecule has 0 spiro atoms. The van der Waals surface area contributed by atoms with E-state index >= 15 is 0 Å². The third-order valence-electron chi connectivity index (χ3n) is 5.82. The van der Waals surface area contributed by atoms with Crippen LogP contribution in [0.3, 0.4) is 0 Å². The maximum Gasteiger partial charge on any atom is 0.327 e. The molecule has 3 atom stereocenters. The van der Waals surface area contributed by atoms with Gasteiger partial charge in [0.2, 0.25) is 5.91 Å². The number of carboxylic acids is 1. The smallest absolute Gasteiger partial charge is 0.327 e. The van der Waals surface area contributed by atoms with Gasteiger partial charge in [-0.05, 0) is 43.0 Å². The number of β-lactam (4-membered cyclic amide) rings is 1. The fourth-order valence-corrected chi connectivity index (χ4v) is 4.31. The van der Waals surface area contributed by atoms with Gasteiger partial charge in [0, 0.05) is 30.9 Å². The van der Waals surface area contributed by atoms with Gasteiger partial charge >= 0.3 is 12.0 Å². The first kappa shape index (κ1) is 19.1. The largest absolute Gasteiger partial charge is 0.480 e. The van der Waals surface area contributed by atoms with E-state index in [1.54, 1.807) is 17.2 Å². The van der Waals surface area contributed by atoms with E-state index < -0.39 is 29.9 Å². The first-order valence-corrected chi connectivity index (χ1v) is 9.77. The number of aryl methyl sites for hydroxylation is 1. The summed E-state index contributed by atoms with van der Waals surface area (Å²) in [7, 11) is 0. The molecule has 7 nitrogen and oxygen atoms in total. The van der Waals surface area contributed by atoms with Crippen LogP contribution < -0.4 is 0 Å². The molecule has 1 N–H and O–H groups in total. The van der Waals surface area contributed by atoms with Crippen LogP contribution in [0.2, 0.25) is 0 Å². The normalized spacial score (nSPS) is 23.8. The molecule has 4 rings (SSSR count). The van der Waals surface area contributed by atoms with Crippen LogP contribution in [0, 0.1) is 12.8 Å². The van der Waals surface area contributed by atoms with Gasteiger partial charge in [0.1, 0.15) is 0 Å². The van der Waals surface area contributed by atoms with Gasteiger partial charge in [-0.3, -0.25) is 9.78 Å². The number of carbonyl (C=O) groups is 3. The fraction of sp³-hybridized carbons (Fsp3) is 0.364. The Hall–Kier alpha value is -3.22. The third kappa shape index (κ3) is 3.60. The highest BCUT2D eigenvalue weighted by atomic mass is 16.4. The molecular formula is C22H23N3O4. The summed E-state index contributed by atoms with van der Waals surface area (Å²) in [6.45, 7) is 2.85. The van der Waals surface area contributed by atoms with Crippen molar-refractivity contribution in [3.63, 3.8) is 0 Å². The SMILES string of the molecule is Cc1cc(C[C@H]2C(=O)N(C(=O)N3CCC(c4ccccc4)C3)[C@@H]2C(=O)O)ccn1. The first-order chi connectivity index (χ1) is 14.0. The van der Waals surface area contributed by atoms with Crippen molar-refractivity contribution < 1.29 is 19.5 Å². The van der Waals surface area contributed by atoms with Gasteiger partial charge in [-0.2, -0.15) is 0 Å². The van der Waals surface area contributed by atoms with E-state index in [4.69, 9.17) is 0 Å². The highest BCUT2D eigenvalue weighted by molar-refractivity contribution is 6.07. The highest BCUT2D eigenvalue weighted by Gasteiger charge is 2.55. The number of amides is 3. The highest BCUT2D eigenvalue weighted by Crippen LogP contribution is 2.34. The van der Waals surface area contributed by atoms with Crippen LogP contribution in [0.25, 0.3) is 0 Å². The monoisotopic (exact) mass is 393 g/mol. The lowest BCUT2D eigenvalue weighted by molar-refractivity contribution is -0.166. The van der Waals surface area contributed by atoms with E-state index in [2.05, 4.69) is 4.98 Å². The maximum absolute atomic E-state index is 12.9. The molecule has 2 aliphatic rings. The number of hydrogen-bond acceptors (Lipinski definition) is 4. The van der Waals surface area contributed by atoms with E-state index in [1.165, 1.54) is 0 Å². The Bertz CT molecular complexity index is 946. The number of aromatic nitrogens is 1. The number of carbonyl (C=O) groups excluding carboxylic acids is 2. The predicted octanol–water partition coefficient (Wildman–Crippen LogP) is 2.45. The lowest BCUT2D eigenvalue weighted by Gasteiger charge is -2.44. The van der Waals surface area contributed by atoms with Crippen molar-refractivity contribution >= 4 is 17.9 Å². The van der Waals surface area contributed by atoms with Crippen molar-refractivity contribution in [3.8, 4) is 0 Å². The van der Waals surface area contributed by atoms with Crippen molar-refractivity contribution in [2.24, 2.45) is 5.92 Å². The summed E-state index contributed by atoms with van der Waals surface area (Å²) in [5, 5.41) is 9.67. The van der Waals surface area contributed by atoms with Crippen LogP contribution >= 0.6 is 0 Å². The second-order valence-electron chi connectivity index (χ2n) is 7.73. The Labute approximate surface area is 169 Å². The zero-order chi connectivity index (χ0) is 20.5. The van der Waals surface area contributed by atoms with Crippen LogP contribution in [-0.4, -0.2) is 56.9 Å². The molecule has 2 fully saturated rings. The molecule has 29 heavy (non-hydrogen) atoms. The van der Waals surface area contributed by atoms with E-state index in [9.17, 15) is 19.5 Å². The van der Waals surface area contributed by atoms with Gasteiger partial charge in [-0.1, -0.05) is 30.3 Å². The molecule has 1 aromatic heterocycles. The van der Waals surface area contributed by atoms with Crippen LogP contribution in [-0.2, 0) is 16.0 Å². The summed E-state index contributed by atoms with van der Waals surface area (Å²) >= 11 is 0. The predicted molar refractivity (Wildman–Crippen MR) is 105 cm³/mol. The Morgan fingerprint density at radius 2 is 1.97 bits per heavy atom. The van der Waals surface area contributed by atoms with Crippen molar-refractivity contribution in [2.45, 2.75) is 31.7 Å². The molecule has 2 aliphatic heterocycles. The van der Waals surface area contributed by atoms with Gasteiger partial charge in [-0.25, -0.2) is 14.5 Å². The summed E-state index contributed by atoms with van der Waals surface area (Å²) < 4.78 is 0. The zero-order valence-electron chi connectivity index (χ0n) is 16.2. The molecule has 0 saturated carbocycles. The molecule has 1 aromatic carbocycles. The lowest BCUT2D eigenvalue weighted by Crippen LogP contribution is -2.68. The minimum atomic E-state index is -1.15. The van der Waals surface area contributed by atoms with Crippen molar-refractivity contribution in [1.29, 1.82) is 0 Å².